The lowest BCUT2D eigenvalue weighted by Crippen LogP contribution is -2.30. The van der Waals surface area contributed by atoms with Crippen molar-refractivity contribution in [3.05, 3.63) is 78.0 Å². The molecule has 0 saturated carbocycles. The SMILES string of the molecule is COc1ccc(S(=O)(=O)NC(=O)c2cc3c(Nc4cccc(OC)c4)cc(C)cc3[nH]2)cc1. The molecular weight excluding hydrogens is 442 g/mol. The second kappa shape index (κ2) is 8.87. The van der Waals surface area contributed by atoms with Gasteiger partial charge in [-0.2, -0.15) is 0 Å². The van der Waals surface area contributed by atoms with Crippen LogP contribution in [-0.4, -0.2) is 33.5 Å². The fraction of sp³-hybridized carbons (Fsp3) is 0.125. The summed E-state index contributed by atoms with van der Waals surface area (Å²) in [6, 6.07) is 18.7. The number of aryl methyl sites for hydroxylation is 1. The molecule has 3 N–H and O–H groups in total. The van der Waals surface area contributed by atoms with E-state index >= 15 is 0 Å². The number of rotatable bonds is 7. The van der Waals surface area contributed by atoms with Crippen LogP contribution in [0.4, 0.5) is 11.4 Å². The highest BCUT2D eigenvalue weighted by Crippen LogP contribution is 2.30. The molecule has 1 heterocycles. The predicted octanol–water partition coefficient (Wildman–Crippen LogP) is 4.36. The van der Waals surface area contributed by atoms with Crippen LogP contribution in [0.5, 0.6) is 11.5 Å². The third-order valence-corrected chi connectivity index (χ3v) is 6.42. The van der Waals surface area contributed by atoms with Gasteiger partial charge in [-0.05, 0) is 67.1 Å². The summed E-state index contributed by atoms with van der Waals surface area (Å²) in [6.45, 7) is 1.94. The van der Waals surface area contributed by atoms with Gasteiger partial charge in [0.2, 0.25) is 0 Å². The molecule has 0 fully saturated rings. The van der Waals surface area contributed by atoms with E-state index in [0.717, 1.165) is 22.3 Å². The molecule has 0 spiro atoms. The Morgan fingerprint density at radius 1 is 0.909 bits per heavy atom. The zero-order valence-electron chi connectivity index (χ0n) is 18.3. The quantitative estimate of drug-likeness (QED) is 0.374. The fourth-order valence-corrected chi connectivity index (χ4v) is 4.42. The zero-order chi connectivity index (χ0) is 23.6. The molecular formula is C24H23N3O5S. The Morgan fingerprint density at radius 3 is 2.33 bits per heavy atom. The molecule has 1 amide bonds. The number of sulfonamides is 1. The molecule has 170 valence electrons. The van der Waals surface area contributed by atoms with Crippen molar-refractivity contribution in [1.82, 2.24) is 9.71 Å². The second-order valence-electron chi connectivity index (χ2n) is 7.42. The van der Waals surface area contributed by atoms with Crippen molar-refractivity contribution in [1.29, 1.82) is 0 Å². The van der Waals surface area contributed by atoms with Gasteiger partial charge in [-0.25, -0.2) is 13.1 Å². The maximum absolute atomic E-state index is 12.8. The summed E-state index contributed by atoms with van der Waals surface area (Å²) in [6.07, 6.45) is 0. The maximum atomic E-state index is 12.8. The normalized spacial score (nSPS) is 11.2. The van der Waals surface area contributed by atoms with Crippen LogP contribution in [-0.2, 0) is 10.0 Å². The fourth-order valence-electron chi connectivity index (χ4n) is 3.45. The standard InChI is InChI=1S/C24H23N3O5S/c1-15-11-21(25-16-5-4-6-18(13-16)32-3)20-14-23(26-22(20)12-15)24(28)27-33(29,30)19-9-7-17(31-2)8-10-19/h4-14,25-26H,1-3H3,(H,27,28). The average Bonchev–Trinajstić information content (AvgIpc) is 3.23. The number of carbonyl (C=O) groups excluding carboxylic acids is 1. The Morgan fingerprint density at radius 2 is 1.64 bits per heavy atom. The number of hydrogen-bond acceptors (Lipinski definition) is 6. The van der Waals surface area contributed by atoms with Crippen LogP contribution in [0.15, 0.2) is 71.6 Å². The Hall–Kier alpha value is -3.98. The number of hydrogen-bond donors (Lipinski definition) is 3. The lowest BCUT2D eigenvalue weighted by Gasteiger charge is -2.10. The highest BCUT2D eigenvalue weighted by Gasteiger charge is 2.21. The minimum Gasteiger partial charge on any atom is -0.497 e. The largest absolute Gasteiger partial charge is 0.497 e. The second-order valence-corrected chi connectivity index (χ2v) is 9.11. The summed E-state index contributed by atoms with van der Waals surface area (Å²) in [4.78, 5) is 15.8. The van der Waals surface area contributed by atoms with Gasteiger partial charge < -0.3 is 19.8 Å². The molecule has 3 aromatic carbocycles. The summed E-state index contributed by atoms with van der Waals surface area (Å²) < 4.78 is 37.7. The van der Waals surface area contributed by atoms with Crippen LogP contribution in [0.3, 0.4) is 0 Å². The number of H-pyrrole nitrogens is 1. The number of nitrogens with one attached hydrogen (secondary N) is 3. The van der Waals surface area contributed by atoms with E-state index in [1.807, 2.05) is 43.3 Å². The van der Waals surface area contributed by atoms with E-state index in [4.69, 9.17) is 9.47 Å². The molecule has 0 saturated heterocycles. The Kier molecular flexibility index (Phi) is 5.97. The first-order valence-electron chi connectivity index (χ1n) is 10.0. The molecule has 0 unspecified atom stereocenters. The third-order valence-electron chi connectivity index (χ3n) is 5.07. The zero-order valence-corrected chi connectivity index (χ0v) is 19.1. The summed E-state index contributed by atoms with van der Waals surface area (Å²) in [5.74, 6) is 0.469. The Balaban J connectivity index is 1.63. The van der Waals surface area contributed by atoms with E-state index in [1.165, 1.54) is 31.4 Å². The van der Waals surface area contributed by atoms with Crippen molar-refractivity contribution in [3.8, 4) is 11.5 Å². The number of benzene rings is 3. The van der Waals surface area contributed by atoms with E-state index in [1.54, 1.807) is 13.2 Å². The van der Waals surface area contributed by atoms with Crippen molar-refractivity contribution in [3.63, 3.8) is 0 Å². The van der Waals surface area contributed by atoms with Crippen LogP contribution in [0.1, 0.15) is 16.1 Å². The minimum absolute atomic E-state index is 0.0380. The molecule has 4 aromatic rings. The van der Waals surface area contributed by atoms with Crippen molar-refractivity contribution in [2.75, 3.05) is 19.5 Å². The van der Waals surface area contributed by atoms with Crippen LogP contribution in [0, 0.1) is 6.92 Å². The topological polar surface area (TPSA) is 110 Å². The van der Waals surface area contributed by atoms with Gasteiger partial charge >= 0.3 is 0 Å². The molecule has 0 aliphatic rings. The number of fused-ring (bicyclic) bond motifs is 1. The van der Waals surface area contributed by atoms with Gasteiger partial charge in [0.05, 0.1) is 19.1 Å². The summed E-state index contributed by atoms with van der Waals surface area (Å²) in [5.41, 5.74) is 3.38. The van der Waals surface area contributed by atoms with E-state index in [0.29, 0.717) is 17.0 Å². The lowest BCUT2D eigenvalue weighted by molar-refractivity contribution is 0.0977. The number of amides is 1. The maximum Gasteiger partial charge on any atom is 0.281 e. The predicted molar refractivity (Wildman–Crippen MR) is 127 cm³/mol. The van der Waals surface area contributed by atoms with Crippen molar-refractivity contribution in [2.24, 2.45) is 0 Å². The smallest absolute Gasteiger partial charge is 0.281 e. The number of methoxy groups -OCH3 is 2. The summed E-state index contributed by atoms with van der Waals surface area (Å²) >= 11 is 0. The third kappa shape index (κ3) is 4.78. The Bertz CT molecular complexity index is 1430. The van der Waals surface area contributed by atoms with E-state index < -0.39 is 15.9 Å². The number of anilines is 2. The lowest BCUT2D eigenvalue weighted by atomic mass is 10.1. The molecule has 9 heteroatoms. The van der Waals surface area contributed by atoms with Gasteiger partial charge in [-0.1, -0.05) is 6.07 Å². The first-order chi connectivity index (χ1) is 15.8. The highest BCUT2D eigenvalue weighted by molar-refractivity contribution is 7.90. The molecule has 33 heavy (non-hydrogen) atoms. The van der Waals surface area contributed by atoms with Crippen molar-refractivity contribution in [2.45, 2.75) is 11.8 Å². The number of carbonyl (C=O) groups is 1. The first-order valence-corrected chi connectivity index (χ1v) is 11.5. The van der Waals surface area contributed by atoms with Crippen LogP contribution < -0.4 is 19.5 Å². The van der Waals surface area contributed by atoms with E-state index in [-0.39, 0.29) is 10.6 Å². The Labute approximate surface area is 191 Å². The van der Waals surface area contributed by atoms with Crippen molar-refractivity contribution < 1.29 is 22.7 Å². The van der Waals surface area contributed by atoms with Gasteiger partial charge in [0.15, 0.2) is 0 Å². The van der Waals surface area contributed by atoms with Crippen LogP contribution in [0.25, 0.3) is 10.9 Å². The molecule has 4 rings (SSSR count). The monoisotopic (exact) mass is 465 g/mol. The first kappa shape index (κ1) is 22.2. The van der Waals surface area contributed by atoms with Crippen LogP contribution >= 0.6 is 0 Å². The van der Waals surface area contributed by atoms with Gasteiger partial charge in [0.25, 0.3) is 15.9 Å². The van der Waals surface area contributed by atoms with Crippen LogP contribution in [0.2, 0.25) is 0 Å². The molecule has 8 nitrogen and oxygen atoms in total. The van der Waals surface area contributed by atoms with Gasteiger partial charge in [0, 0.05) is 28.3 Å². The number of aromatic amines is 1. The van der Waals surface area contributed by atoms with E-state index in [2.05, 4.69) is 15.0 Å². The number of ether oxygens (including phenoxy) is 2. The highest BCUT2D eigenvalue weighted by atomic mass is 32.2. The van der Waals surface area contributed by atoms with E-state index in [9.17, 15) is 13.2 Å². The van der Waals surface area contributed by atoms with Gasteiger partial charge in [0.1, 0.15) is 17.2 Å². The summed E-state index contributed by atoms with van der Waals surface area (Å²) in [7, 11) is -0.965. The van der Waals surface area contributed by atoms with Crippen molar-refractivity contribution >= 4 is 38.2 Å². The average molecular weight is 466 g/mol. The molecule has 0 bridgehead atoms. The molecule has 0 aliphatic heterocycles. The molecule has 1 aromatic heterocycles. The molecule has 0 atom stereocenters. The van der Waals surface area contributed by atoms with Gasteiger partial charge in [-0.15, -0.1) is 0 Å². The number of aromatic nitrogens is 1. The summed E-state index contributed by atoms with van der Waals surface area (Å²) in [5, 5.41) is 4.08. The minimum atomic E-state index is -4.05. The molecule has 0 aliphatic carbocycles. The molecule has 0 radical (unpaired) electrons. The van der Waals surface area contributed by atoms with Gasteiger partial charge in [-0.3, -0.25) is 4.79 Å².